The zero-order chi connectivity index (χ0) is 20.6. The van der Waals surface area contributed by atoms with E-state index in [2.05, 4.69) is 42.8 Å². The van der Waals surface area contributed by atoms with Crippen LogP contribution in [0.15, 0.2) is 55.1 Å². The Morgan fingerprint density at radius 2 is 2.10 bits per heavy atom. The van der Waals surface area contributed by atoms with Crippen LogP contribution in [-0.2, 0) is 12.8 Å². The van der Waals surface area contributed by atoms with E-state index in [0.29, 0.717) is 17.7 Å². The molecule has 0 N–H and O–H groups in total. The molecular formula is C25H29N3O. The van der Waals surface area contributed by atoms with Gasteiger partial charge in [0.05, 0.1) is 11.6 Å². The van der Waals surface area contributed by atoms with Crippen LogP contribution in [0.4, 0.5) is 5.69 Å². The van der Waals surface area contributed by atoms with E-state index in [0.717, 1.165) is 31.6 Å². The van der Waals surface area contributed by atoms with Crippen LogP contribution < -0.4 is 4.90 Å². The highest BCUT2D eigenvalue weighted by atomic mass is 16.2. The van der Waals surface area contributed by atoms with Crippen molar-refractivity contribution < 1.29 is 4.79 Å². The Morgan fingerprint density at radius 3 is 2.90 bits per heavy atom. The third-order valence-electron chi connectivity index (χ3n) is 5.47. The Kier molecular flexibility index (Phi) is 7.21. The number of nitrogens with zero attached hydrogens (tertiary/aromatic N) is 3. The summed E-state index contributed by atoms with van der Waals surface area (Å²) in [4.78, 5) is 17.0. The van der Waals surface area contributed by atoms with Crippen molar-refractivity contribution in [1.29, 1.82) is 5.26 Å². The molecule has 0 saturated carbocycles. The highest BCUT2D eigenvalue weighted by Crippen LogP contribution is 2.30. The van der Waals surface area contributed by atoms with Crippen molar-refractivity contribution in [2.45, 2.75) is 32.1 Å². The van der Waals surface area contributed by atoms with Crippen LogP contribution in [0.1, 0.15) is 46.3 Å². The molecule has 4 nitrogen and oxygen atoms in total. The molecule has 29 heavy (non-hydrogen) atoms. The van der Waals surface area contributed by atoms with Gasteiger partial charge in [0.15, 0.2) is 0 Å². The van der Waals surface area contributed by atoms with Crippen molar-refractivity contribution in [3.8, 4) is 6.07 Å². The molecule has 0 aromatic heterocycles. The lowest BCUT2D eigenvalue weighted by atomic mass is 10.0. The number of unbranched alkanes of at least 4 members (excludes halogenated alkanes) is 2. The van der Waals surface area contributed by atoms with Crippen molar-refractivity contribution in [2.24, 2.45) is 0 Å². The minimum atomic E-state index is -0.0303. The molecule has 1 heterocycles. The Labute approximate surface area is 174 Å². The fourth-order valence-electron chi connectivity index (χ4n) is 3.90. The lowest BCUT2D eigenvalue weighted by Gasteiger charge is -2.18. The van der Waals surface area contributed by atoms with Gasteiger partial charge < -0.3 is 9.80 Å². The van der Waals surface area contributed by atoms with Gasteiger partial charge in [-0.25, -0.2) is 0 Å². The molecule has 150 valence electrons. The average Bonchev–Trinajstić information content (AvgIpc) is 3.16. The molecule has 1 aliphatic rings. The zero-order valence-corrected chi connectivity index (χ0v) is 17.2. The van der Waals surface area contributed by atoms with Gasteiger partial charge in [-0.3, -0.25) is 4.79 Å². The van der Waals surface area contributed by atoms with Crippen molar-refractivity contribution >= 4 is 11.6 Å². The fraction of sp³-hybridized carbons (Fsp3) is 0.360. The second-order valence-corrected chi connectivity index (χ2v) is 7.72. The van der Waals surface area contributed by atoms with Crippen LogP contribution in [-0.4, -0.2) is 37.5 Å². The minimum Gasteiger partial charge on any atom is -0.308 e. The smallest absolute Gasteiger partial charge is 0.258 e. The van der Waals surface area contributed by atoms with Gasteiger partial charge in [0.1, 0.15) is 0 Å². The van der Waals surface area contributed by atoms with Crippen LogP contribution >= 0.6 is 0 Å². The number of carbonyl (C=O) groups is 1. The molecule has 0 unspecified atom stereocenters. The standard InChI is InChI=1S/C25H29N3O/c1-3-14-27(2)15-6-4-5-8-20-11-12-24-22(17-20)13-16-28(24)25(29)23-10-7-9-21(18-23)19-26/h3,7,9-12,17-18H,1,4-6,8,13-16H2,2H3. The van der Waals surface area contributed by atoms with Gasteiger partial charge in [-0.2, -0.15) is 5.26 Å². The molecule has 0 radical (unpaired) electrons. The highest BCUT2D eigenvalue weighted by Gasteiger charge is 2.25. The van der Waals surface area contributed by atoms with Gasteiger partial charge in [0.25, 0.3) is 5.91 Å². The Hall–Kier alpha value is -2.90. The largest absolute Gasteiger partial charge is 0.308 e. The van der Waals surface area contributed by atoms with Gasteiger partial charge >= 0.3 is 0 Å². The fourth-order valence-corrected chi connectivity index (χ4v) is 3.90. The summed E-state index contributed by atoms with van der Waals surface area (Å²) in [6, 6.07) is 15.5. The third kappa shape index (κ3) is 5.34. The van der Waals surface area contributed by atoms with E-state index >= 15 is 0 Å². The first kappa shape index (κ1) is 20.8. The molecule has 0 saturated heterocycles. The van der Waals surface area contributed by atoms with Crippen molar-refractivity contribution in [2.75, 3.05) is 31.6 Å². The molecule has 2 aromatic rings. The van der Waals surface area contributed by atoms with Crippen molar-refractivity contribution in [1.82, 2.24) is 4.90 Å². The number of hydrogen-bond donors (Lipinski definition) is 0. The van der Waals surface area contributed by atoms with Crippen LogP contribution in [0.25, 0.3) is 0 Å². The number of aryl methyl sites for hydroxylation is 1. The monoisotopic (exact) mass is 387 g/mol. The van der Waals surface area contributed by atoms with Gasteiger partial charge in [0, 0.05) is 24.3 Å². The summed E-state index contributed by atoms with van der Waals surface area (Å²) in [5.74, 6) is -0.0303. The van der Waals surface area contributed by atoms with E-state index in [9.17, 15) is 4.79 Å². The molecule has 0 aliphatic carbocycles. The van der Waals surface area contributed by atoms with Gasteiger partial charge in [-0.1, -0.05) is 30.7 Å². The Morgan fingerprint density at radius 1 is 1.24 bits per heavy atom. The van der Waals surface area contributed by atoms with Crippen LogP contribution in [0.2, 0.25) is 0 Å². The first-order valence-corrected chi connectivity index (χ1v) is 10.4. The minimum absolute atomic E-state index is 0.0303. The zero-order valence-electron chi connectivity index (χ0n) is 17.2. The van der Waals surface area contributed by atoms with Crippen molar-refractivity contribution in [3.63, 3.8) is 0 Å². The van der Waals surface area contributed by atoms with Gasteiger partial charge in [-0.15, -0.1) is 6.58 Å². The topological polar surface area (TPSA) is 47.3 Å². The first-order valence-electron chi connectivity index (χ1n) is 10.4. The molecule has 0 spiro atoms. The second-order valence-electron chi connectivity index (χ2n) is 7.72. The first-order chi connectivity index (χ1) is 14.1. The maximum absolute atomic E-state index is 12.9. The van der Waals surface area contributed by atoms with E-state index in [-0.39, 0.29) is 5.91 Å². The van der Waals surface area contributed by atoms with E-state index in [1.165, 1.54) is 30.4 Å². The number of hydrogen-bond acceptors (Lipinski definition) is 3. The van der Waals surface area contributed by atoms with E-state index in [1.807, 2.05) is 11.0 Å². The SMILES string of the molecule is C=CCN(C)CCCCCc1ccc2c(c1)CCN2C(=O)c1cccc(C#N)c1. The highest BCUT2D eigenvalue weighted by molar-refractivity contribution is 6.07. The van der Waals surface area contributed by atoms with E-state index < -0.39 is 0 Å². The van der Waals surface area contributed by atoms with Gasteiger partial charge in [-0.05, 0) is 74.7 Å². The summed E-state index contributed by atoms with van der Waals surface area (Å²) >= 11 is 0. The second kappa shape index (κ2) is 10.0. The summed E-state index contributed by atoms with van der Waals surface area (Å²) in [7, 11) is 2.13. The summed E-state index contributed by atoms with van der Waals surface area (Å²) in [6.45, 7) is 6.53. The van der Waals surface area contributed by atoms with E-state index in [1.54, 1.807) is 24.3 Å². The molecule has 4 heteroatoms. The average molecular weight is 388 g/mol. The Bertz CT molecular complexity index is 913. The van der Waals surface area contributed by atoms with Crippen molar-refractivity contribution in [3.05, 3.63) is 77.4 Å². The molecule has 1 amide bonds. The van der Waals surface area contributed by atoms with Gasteiger partial charge in [0.2, 0.25) is 0 Å². The molecule has 2 aromatic carbocycles. The number of fused-ring (bicyclic) bond motifs is 1. The summed E-state index contributed by atoms with van der Waals surface area (Å²) in [6.07, 6.45) is 7.52. The maximum Gasteiger partial charge on any atom is 0.258 e. The number of benzene rings is 2. The molecular weight excluding hydrogens is 358 g/mol. The molecule has 1 aliphatic heterocycles. The number of amides is 1. The summed E-state index contributed by atoms with van der Waals surface area (Å²) in [5.41, 5.74) is 4.69. The van der Waals surface area contributed by atoms with E-state index in [4.69, 9.17) is 5.26 Å². The van der Waals surface area contributed by atoms with Crippen LogP contribution in [0.3, 0.4) is 0 Å². The number of nitriles is 1. The Balaban J connectivity index is 1.56. The molecule has 3 rings (SSSR count). The predicted octanol–water partition coefficient (Wildman–Crippen LogP) is 4.59. The molecule has 0 atom stereocenters. The lowest BCUT2D eigenvalue weighted by Crippen LogP contribution is -2.28. The maximum atomic E-state index is 12.9. The number of rotatable bonds is 9. The normalized spacial score (nSPS) is 12.7. The number of likely N-dealkylation sites (N-methyl/N-ethyl adjacent to an activating group) is 1. The summed E-state index contributed by atoms with van der Waals surface area (Å²) < 4.78 is 0. The lowest BCUT2D eigenvalue weighted by molar-refractivity contribution is 0.0989. The number of anilines is 1. The number of carbonyl (C=O) groups excluding carboxylic acids is 1. The molecule has 0 fully saturated rings. The predicted molar refractivity (Wildman–Crippen MR) is 118 cm³/mol. The quantitative estimate of drug-likeness (QED) is 0.467. The molecule has 0 bridgehead atoms. The summed E-state index contributed by atoms with van der Waals surface area (Å²) in [5, 5.41) is 9.07. The van der Waals surface area contributed by atoms with Crippen LogP contribution in [0, 0.1) is 11.3 Å². The van der Waals surface area contributed by atoms with Crippen LogP contribution in [0.5, 0.6) is 0 Å². The third-order valence-corrected chi connectivity index (χ3v) is 5.47.